The standard InChI is InChI=1S/C77H82N20O9S3/c1-6-15-80-70(99)93-73-90-61-35-48(32-55(64(61)107-73)58-10-7-8-16-78-58)52-40-86-68(87-41-52)76(3,4)106-25-19-82-72(101)95-75-91-62-36-49(33-56(65(62)108-75)59-12-11-54(44-83-59)105-30-24-96-20-26-103-27-21-96)53-42-88-69(89-43-53)77(5,102)14-9-17-81-71(100)94-74-92-63-37-50(51-38-84-67(46(2)98)85-39-51)34-57(66(63)109-74)60-31-47(13-18-79-60)45-97-22-28-104-29-23-97/h7-8,10-13,16,18,31-44,46,98,102H,6,9,14-15,17,19-30,45H2,1-5H3,(H2,80,90,93,99)(H2,81,92,94,100)(H2,82,91,95,101). The first-order valence-electron chi connectivity index (χ1n) is 36.0. The van der Waals surface area contributed by atoms with E-state index in [9.17, 15) is 24.6 Å². The summed E-state index contributed by atoms with van der Waals surface area (Å²) in [6.45, 7) is 18.2. The number of hydrogen-bond acceptors (Lipinski definition) is 26. The van der Waals surface area contributed by atoms with Crippen molar-refractivity contribution in [2.24, 2.45) is 0 Å². The van der Waals surface area contributed by atoms with Crippen molar-refractivity contribution in [1.29, 1.82) is 0 Å². The number of nitrogens with one attached hydrogen (secondary N) is 6. The number of hydrogen-bond donors (Lipinski definition) is 8. The van der Waals surface area contributed by atoms with Crippen LogP contribution in [0.5, 0.6) is 5.75 Å². The summed E-state index contributed by atoms with van der Waals surface area (Å²) >= 11 is 4.01. The highest BCUT2D eigenvalue weighted by atomic mass is 32.1. The lowest BCUT2D eigenvalue weighted by molar-refractivity contribution is -0.0254. The van der Waals surface area contributed by atoms with Gasteiger partial charge in [0.25, 0.3) is 0 Å². The van der Waals surface area contributed by atoms with E-state index in [4.69, 9.17) is 53.8 Å². The number of ether oxygens (including phenoxy) is 4. The van der Waals surface area contributed by atoms with Crippen LogP contribution in [0, 0.1) is 0 Å². The first-order chi connectivity index (χ1) is 52.9. The minimum Gasteiger partial charge on any atom is -0.491 e. The Morgan fingerprint density at radius 3 is 1.57 bits per heavy atom. The second-order valence-corrected chi connectivity index (χ2v) is 30.0. The second-order valence-electron chi connectivity index (χ2n) is 27.0. The number of amides is 6. The number of morpholine rings is 2. The summed E-state index contributed by atoms with van der Waals surface area (Å²) in [5.74, 6) is 1.57. The number of pyridine rings is 3. The molecule has 2 saturated heterocycles. The highest BCUT2D eigenvalue weighted by Gasteiger charge is 2.29. The molecule has 6 amide bonds. The summed E-state index contributed by atoms with van der Waals surface area (Å²) in [4.78, 5) is 101. The zero-order chi connectivity index (χ0) is 75.4. The fourth-order valence-electron chi connectivity index (χ4n) is 12.5. The molecule has 9 aromatic heterocycles. The molecule has 0 saturated carbocycles. The van der Waals surface area contributed by atoms with E-state index in [1.54, 1.807) is 63.4 Å². The maximum absolute atomic E-state index is 13.6. The molecule has 0 spiro atoms. The summed E-state index contributed by atoms with van der Waals surface area (Å²) in [6, 6.07) is 24.1. The van der Waals surface area contributed by atoms with Gasteiger partial charge in [-0.25, -0.2) is 59.2 Å². The van der Waals surface area contributed by atoms with Gasteiger partial charge in [-0.15, -0.1) is 0 Å². The van der Waals surface area contributed by atoms with E-state index in [2.05, 4.69) is 72.7 Å². The van der Waals surface area contributed by atoms with Crippen molar-refractivity contribution in [2.45, 2.75) is 77.7 Å². The zero-order valence-corrected chi connectivity index (χ0v) is 63.2. The van der Waals surface area contributed by atoms with Crippen LogP contribution >= 0.6 is 34.0 Å². The van der Waals surface area contributed by atoms with Crippen molar-refractivity contribution in [3.63, 3.8) is 0 Å². The van der Waals surface area contributed by atoms with Crippen molar-refractivity contribution >= 4 is 98.1 Å². The molecule has 32 heteroatoms. The fraction of sp³-hybridized carbons (Fsp3) is 0.338. The molecule has 0 bridgehead atoms. The molecule has 0 aliphatic carbocycles. The predicted octanol–water partition coefficient (Wildman–Crippen LogP) is 12.1. The van der Waals surface area contributed by atoms with Crippen molar-refractivity contribution in [3.05, 3.63) is 158 Å². The lowest BCUT2D eigenvalue weighted by Crippen LogP contribution is -2.38. The number of fused-ring (bicyclic) bond motifs is 3. The van der Waals surface area contributed by atoms with Gasteiger partial charge in [0.2, 0.25) is 0 Å². The third-order valence-corrected chi connectivity index (χ3v) is 21.4. The first-order valence-corrected chi connectivity index (χ1v) is 38.5. The number of rotatable bonds is 28. The average Bonchev–Trinajstić information content (AvgIpc) is 1.63. The number of aliphatic hydroxyl groups is 2. The van der Waals surface area contributed by atoms with E-state index in [0.717, 1.165) is 116 Å². The molecule has 8 N–H and O–H groups in total. The Kier molecular flexibility index (Phi) is 23.6. The van der Waals surface area contributed by atoms with Crippen molar-refractivity contribution in [3.8, 4) is 72.9 Å². The summed E-state index contributed by atoms with van der Waals surface area (Å²) in [7, 11) is 0. The molecule has 14 rings (SSSR count). The molecular formula is C77H82N20O9S3. The molecule has 2 aliphatic rings. The molecule has 0 radical (unpaired) electrons. The van der Waals surface area contributed by atoms with Crippen molar-refractivity contribution in [1.82, 2.24) is 85.6 Å². The molecule has 29 nitrogen and oxygen atoms in total. The van der Waals surface area contributed by atoms with E-state index in [1.165, 1.54) is 34.0 Å². The van der Waals surface area contributed by atoms with Gasteiger partial charge >= 0.3 is 18.1 Å². The van der Waals surface area contributed by atoms with Gasteiger partial charge in [-0.05, 0) is 142 Å². The molecule has 2 atom stereocenters. The Hall–Kier alpha value is -10.7. The van der Waals surface area contributed by atoms with Crippen LogP contribution in [0.25, 0.3) is 97.8 Å². The maximum atomic E-state index is 13.6. The Balaban J connectivity index is 0.614. The van der Waals surface area contributed by atoms with Crippen LogP contribution < -0.4 is 36.6 Å². The number of thiazole rings is 3. The van der Waals surface area contributed by atoms with Crippen LogP contribution in [0.3, 0.4) is 0 Å². The average molecular weight is 1530 g/mol. The van der Waals surface area contributed by atoms with Gasteiger partial charge in [-0.3, -0.25) is 40.7 Å². The monoisotopic (exact) mass is 1530 g/mol. The van der Waals surface area contributed by atoms with Gasteiger partial charge in [0.15, 0.2) is 32.9 Å². The number of carbonyl (C=O) groups is 3. The van der Waals surface area contributed by atoms with E-state index >= 15 is 0 Å². The normalized spacial score (nSPS) is 14.5. The Morgan fingerprint density at radius 2 is 1.05 bits per heavy atom. The first kappa shape index (κ1) is 75.2. The third-order valence-electron chi connectivity index (χ3n) is 18.4. The van der Waals surface area contributed by atoms with Gasteiger partial charge in [0.05, 0.1) is 87.0 Å². The number of carbonyl (C=O) groups excluding carboxylic acids is 3. The third kappa shape index (κ3) is 18.7. The van der Waals surface area contributed by atoms with Gasteiger partial charge in [-0.1, -0.05) is 47.0 Å². The number of anilines is 3. The van der Waals surface area contributed by atoms with Crippen LogP contribution in [0.1, 0.15) is 83.0 Å². The van der Waals surface area contributed by atoms with Crippen molar-refractivity contribution in [2.75, 3.05) is 108 Å². The lowest BCUT2D eigenvalue weighted by Gasteiger charge is -2.26. The molecule has 11 heterocycles. The molecule has 562 valence electrons. The molecule has 2 aliphatic heterocycles. The Morgan fingerprint density at radius 1 is 0.541 bits per heavy atom. The molecule has 109 heavy (non-hydrogen) atoms. The Labute approximate surface area is 639 Å². The van der Waals surface area contributed by atoms with Crippen LogP contribution in [-0.4, -0.2) is 190 Å². The number of aromatic nitrogens is 12. The highest BCUT2D eigenvalue weighted by Crippen LogP contribution is 2.42. The van der Waals surface area contributed by atoms with E-state index in [0.29, 0.717) is 112 Å². The quantitative estimate of drug-likeness (QED) is 0.0211. The van der Waals surface area contributed by atoms with E-state index < -0.39 is 29.4 Å². The largest absolute Gasteiger partial charge is 0.491 e. The summed E-state index contributed by atoms with van der Waals surface area (Å²) in [5.41, 5.74) is 9.63. The van der Waals surface area contributed by atoms with Gasteiger partial charge in [0, 0.05) is 142 Å². The minimum atomic E-state index is -1.47. The number of nitrogens with zero attached hydrogens (tertiary/aromatic N) is 14. The fourth-order valence-corrected chi connectivity index (χ4v) is 15.4. The second kappa shape index (κ2) is 34.3. The summed E-state index contributed by atoms with van der Waals surface area (Å²) < 4.78 is 26.0. The highest BCUT2D eigenvalue weighted by molar-refractivity contribution is 7.23. The van der Waals surface area contributed by atoms with Crippen LogP contribution in [0.15, 0.2) is 135 Å². The van der Waals surface area contributed by atoms with Gasteiger partial charge in [0.1, 0.15) is 29.7 Å². The van der Waals surface area contributed by atoms with Crippen LogP contribution in [0.4, 0.5) is 29.8 Å². The SMILES string of the molecule is CCCNC(=O)Nc1nc2cc(-c3cnc(C(C)(C)OCCNC(=O)Nc4nc5cc(-c6cnc(C(C)(O)CCCNC(=O)Nc7nc8cc(-c9cnc(C(C)O)nc9)cc(-c9cc(CN%10CCOCC%10)ccn9)c8s7)nc6)cc(-c6ccc(OCCN7CCOCC7)cn6)c5s4)nc3)cc(-c3ccccn3)c2s1. The van der Waals surface area contributed by atoms with E-state index in [1.807, 2.05) is 99.8 Å². The zero-order valence-electron chi connectivity index (χ0n) is 60.7. The smallest absolute Gasteiger partial charge is 0.321 e. The number of aliphatic hydroxyl groups excluding tert-OH is 1. The molecule has 2 fully saturated rings. The maximum Gasteiger partial charge on any atom is 0.321 e. The van der Waals surface area contributed by atoms with Crippen LogP contribution in [-0.2, 0) is 32.0 Å². The minimum absolute atomic E-state index is 0.134. The molecule has 2 unspecified atom stereocenters. The van der Waals surface area contributed by atoms with Gasteiger partial charge in [-0.2, -0.15) is 0 Å². The van der Waals surface area contributed by atoms with Gasteiger partial charge < -0.3 is 45.1 Å². The number of benzene rings is 3. The topological polar surface area (TPSA) is 362 Å². The molecular weight excluding hydrogens is 1450 g/mol. The van der Waals surface area contributed by atoms with E-state index in [-0.39, 0.29) is 38.0 Å². The lowest BCUT2D eigenvalue weighted by atomic mass is 9.98. The molecule has 3 aromatic carbocycles. The number of urea groups is 3. The van der Waals surface area contributed by atoms with Crippen LogP contribution in [0.2, 0.25) is 0 Å². The predicted molar refractivity (Wildman–Crippen MR) is 420 cm³/mol. The summed E-state index contributed by atoms with van der Waals surface area (Å²) in [6.07, 6.45) is 16.0. The van der Waals surface area contributed by atoms with Crippen molar-refractivity contribution < 1.29 is 43.5 Å². The summed E-state index contributed by atoms with van der Waals surface area (Å²) in [5, 5.41) is 40.5. The molecule has 12 aromatic rings. The Bertz CT molecular complexity index is 5160.